The first kappa shape index (κ1) is 10.8. The number of nitrogens with one attached hydrogen (secondary N) is 1. The fourth-order valence-electron chi connectivity index (χ4n) is 1.47. The van der Waals surface area contributed by atoms with Crippen molar-refractivity contribution in [1.82, 2.24) is 9.61 Å². The summed E-state index contributed by atoms with van der Waals surface area (Å²) in [5.74, 6) is -0.645. The molecule has 1 N–H and O–H groups in total. The van der Waals surface area contributed by atoms with Gasteiger partial charge in [-0.25, -0.2) is 9.31 Å². The molecular formula is C10H9ClN2O3. The number of esters is 1. The summed E-state index contributed by atoms with van der Waals surface area (Å²) in [6, 6.07) is 4.89. The molecule has 0 unspecified atom stereocenters. The minimum Gasteiger partial charge on any atom is -0.462 e. The first-order valence-electron chi connectivity index (χ1n) is 4.71. The number of hydrogen-bond donors (Lipinski definition) is 1. The highest BCUT2D eigenvalue weighted by molar-refractivity contribution is 6.29. The van der Waals surface area contributed by atoms with Crippen LogP contribution in [0.25, 0.3) is 5.52 Å². The molecule has 0 aliphatic heterocycles. The van der Waals surface area contributed by atoms with Crippen molar-refractivity contribution in [2.45, 2.75) is 6.92 Å². The molecule has 0 atom stereocenters. The molecule has 0 fully saturated rings. The molecule has 84 valence electrons. The van der Waals surface area contributed by atoms with Crippen LogP contribution in [0.3, 0.4) is 0 Å². The molecule has 2 heterocycles. The number of fused-ring (bicyclic) bond motifs is 1. The maximum absolute atomic E-state index is 11.6. The van der Waals surface area contributed by atoms with E-state index in [1.165, 1.54) is 4.52 Å². The summed E-state index contributed by atoms with van der Waals surface area (Å²) in [4.78, 5) is 23.1. The van der Waals surface area contributed by atoms with Gasteiger partial charge in [0.05, 0.1) is 12.1 Å². The van der Waals surface area contributed by atoms with Gasteiger partial charge in [0.25, 0.3) is 5.56 Å². The summed E-state index contributed by atoms with van der Waals surface area (Å²) in [7, 11) is 0. The van der Waals surface area contributed by atoms with Crippen LogP contribution in [-0.4, -0.2) is 22.2 Å². The Bertz CT molecular complexity index is 600. The number of halogens is 1. The highest BCUT2D eigenvalue weighted by atomic mass is 35.5. The summed E-state index contributed by atoms with van der Waals surface area (Å²) < 4.78 is 6.14. The van der Waals surface area contributed by atoms with Gasteiger partial charge in [-0.3, -0.25) is 9.89 Å². The topological polar surface area (TPSA) is 63.6 Å². The Kier molecular flexibility index (Phi) is 2.70. The van der Waals surface area contributed by atoms with Crippen LogP contribution < -0.4 is 5.56 Å². The Balaban J connectivity index is 2.70. The quantitative estimate of drug-likeness (QED) is 0.639. The number of hydrogen-bond acceptors (Lipinski definition) is 3. The first-order valence-corrected chi connectivity index (χ1v) is 5.09. The number of aromatic amines is 1. The minimum atomic E-state index is -0.645. The Morgan fingerprint density at radius 1 is 1.56 bits per heavy atom. The summed E-state index contributed by atoms with van der Waals surface area (Å²) >= 11 is 5.86. The fourth-order valence-corrected chi connectivity index (χ4v) is 1.67. The van der Waals surface area contributed by atoms with Crippen LogP contribution in [0.1, 0.15) is 17.3 Å². The average molecular weight is 241 g/mol. The Labute approximate surface area is 95.6 Å². The van der Waals surface area contributed by atoms with Crippen molar-refractivity contribution < 1.29 is 9.53 Å². The lowest BCUT2D eigenvalue weighted by molar-refractivity contribution is 0.0527. The van der Waals surface area contributed by atoms with E-state index in [9.17, 15) is 9.59 Å². The third-order valence-electron chi connectivity index (χ3n) is 2.12. The van der Waals surface area contributed by atoms with Crippen LogP contribution in [0, 0.1) is 0 Å². The number of aromatic nitrogens is 2. The SMILES string of the molecule is CCOC(=O)c1c(=O)[nH]n2c(Cl)cccc12. The summed E-state index contributed by atoms with van der Waals surface area (Å²) in [6.45, 7) is 1.90. The van der Waals surface area contributed by atoms with Crippen molar-refractivity contribution in [1.29, 1.82) is 0 Å². The molecule has 2 rings (SSSR count). The van der Waals surface area contributed by atoms with E-state index < -0.39 is 11.5 Å². The van der Waals surface area contributed by atoms with E-state index in [2.05, 4.69) is 5.10 Å². The molecule has 0 aromatic carbocycles. The zero-order valence-corrected chi connectivity index (χ0v) is 9.25. The van der Waals surface area contributed by atoms with Crippen LogP contribution in [0.5, 0.6) is 0 Å². The van der Waals surface area contributed by atoms with Crippen LogP contribution in [-0.2, 0) is 4.74 Å². The highest BCUT2D eigenvalue weighted by Crippen LogP contribution is 2.13. The molecule has 5 nitrogen and oxygen atoms in total. The van der Waals surface area contributed by atoms with Gasteiger partial charge in [0, 0.05) is 0 Å². The van der Waals surface area contributed by atoms with E-state index >= 15 is 0 Å². The lowest BCUT2D eigenvalue weighted by Crippen LogP contribution is -2.15. The van der Waals surface area contributed by atoms with Crippen molar-refractivity contribution in [3.8, 4) is 0 Å². The normalized spacial score (nSPS) is 10.6. The van der Waals surface area contributed by atoms with Gasteiger partial charge in [0.1, 0.15) is 5.15 Å². The summed E-state index contributed by atoms with van der Waals surface area (Å²) in [5.41, 5.74) is -0.119. The number of pyridine rings is 1. The maximum Gasteiger partial charge on any atom is 0.346 e. The summed E-state index contributed by atoms with van der Waals surface area (Å²) in [5, 5.41) is 2.79. The molecule has 0 aliphatic carbocycles. The van der Waals surface area contributed by atoms with E-state index in [0.717, 1.165) is 0 Å². The zero-order chi connectivity index (χ0) is 11.7. The third kappa shape index (κ3) is 1.59. The number of H-pyrrole nitrogens is 1. The first-order chi connectivity index (χ1) is 7.65. The van der Waals surface area contributed by atoms with Gasteiger partial charge >= 0.3 is 5.97 Å². The standard InChI is InChI=1S/C10H9ClN2O3/c1-2-16-10(15)8-6-4-3-5-7(11)13(6)12-9(8)14/h3-5H,2H2,1H3,(H,12,14). The van der Waals surface area contributed by atoms with Gasteiger partial charge in [-0.15, -0.1) is 0 Å². The van der Waals surface area contributed by atoms with E-state index in [1.54, 1.807) is 25.1 Å². The molecule has 6 heteroatoms. The second-order valence-electron chi connectivity index (χ2n) is 3.11. The number of nitrogens with zero attached hydrogens (tertiary/aromatic N) is 1. The Hall–Kier alpha value is -1.75. The number of ether oxygens (including phenoxy) is 1. The Morgan fingerprint density at radius 2 is 2.31 bits per heavy atom. The van der Waals surface area contributed by atoms with Gasteiger partial charge in [0.2, 0.25) is 0 Å². The second-order valence-corrected chi connectivity index (χ2v) is 3.49. The van der Waals surface area contributed by atoms with Crippen molar-refractivity contribution in [2.24, 2.45) is 0 Å². The molecule has 2 aromatic rings. The molecule has 16 heavy (non-hydrogen) atoms. The Morgan fingerprint density at radius 3 is 3.00 bits per heavy atom. The van der Waals surface area contributed by atoms with Crippen LogP contribution in [0.2, 0.25) is 5.15 Å². The third-order valence-corrected chi connectivity index (χ3v) is 2.41. The molecule has 2 aromatic heterocycles. The lowest BCUT2D eigenvalue weighted by Gasteiger charge is -1.99. The number of rotatable bonds is 2. The fraction of sp³-hybridized carbons (Fsp3) is 0.200. The van der Waals surface area contributed by atoms with E-state index in [-0.39, 0.29) is 12.2 Å². The van der Waals surface area contributed by atoms with E-state index in [4.69, 9.17) is 16.3 Å². The predicted molar refractivity (Wildman–Crippen MR) is 59.0 cm³/mol. The van der Waals surface area contributed by atoms with Crippen molar-refractivity contribution >= 4 is 23.1 Å². The van der Waals surface area contributed by atoms with Gasteiger partial charge in [-0.1, -0.05) is 17.7 Å². The maximum atomic E-state index is 11.6. The van der Waals surface area contributed by atoms with Gasteiger partial charge < -0.3 is 4.74 Å². The van der Waals surface area contributed by atoms with Crippen LogP contribution in [0.4, 0.5) is 0 Å². The van der Waals surface area contributed by atoms with E-state index in [0.29, 0.717) is 10.7 Å². The zero-order valence-electron chi connectivity index (χ0n) is 8.49. The molecule has 0 saturated heterocycles. The number of carbonyl (C=O) groups is 1. The average Bonchev–Trinajstić information content (AvgIpc) is 2.56. The largest absolute Gasteiger partial charge is 0.462 e. The van der Waals surface area contributed by atoms with Gasteiger partial charge in [-0.05, 0) is 19.1 Å². The highest BCUT2D eigenvalue weighted by Gasteiger charge is 2.18. The van der Waals surface area contributed by atoms with Crippen molar-refractivity contribution in [3.05, 3.63) is 39.3 Å². The molecule has 0 saturated carbocycles. The van der Waals surface area contributed by atoms with Crippen LogP contribution >= 0.6 is 11.6 Å². The van der Waals surface area contributed by atoms with Crippen molar-refractivity contribution in [3.63, 3.8) is 0 Å². The second kappa shape index (κ2) is 4.02. The molecule has 0 amide bonds. The minimum absolute atomic E-state index is 0.0237. The molecule has 0 bridgehead atoms. The predicted octanol–water partition coefficient (Wildman–Crippen LogP) is 1.46. The van der Waals surface area contributed by atoms with Gasteiger partial charge in [0.15, 0.2) is 5.56 Å². The smallest absolute Gasteiger partial charge is 0.346 e. The summed E-state index contributed by atoms with van der Waals surface area (Å²) in [6.07, 6.45) is 0. The molecular weight excluding hydrogens is 232 g/mol. The molecule has 0 spiro atoms. The van der Waals surface area contributed by atoms with Crippen molar-refractivity contribution in [2.75, 3.05) is 6.61 Å². The monoisotopic (exact) mass is 240 g/mol. The lowest BCUT2D eigenvalue weighted by atomic mass is 10.2. The molecule has 0 aliphatic rings. The molecule has 0 radical (unpaired) electrons. The van der Waals surface area contributed by atoms with Gasteiger partial charge in [-0.2, -0.15) is 0 Å². The van der Waals surface area contributed by atoms with Crippen LogP contribution in [0.15, 0.2) is 23.0 Å². The van der Waals surface area contributed by atoms with E-state index in [1.807, 2.05) is 0 Å². The number of carbonyl (C=O) groups excluding carboxylic acids is 1.